The van der Waals surface area contributed by atoms with Gasteiger partial charge in [-0.15, -0.1) is 11.3 Å². The van der Waals surface area contributed by atoms with E-state index in [1.165, 1.54) is 17.4 Å². The molecule has 0 unspecified atom stereocenters. The van der Waals surface area contributed by atoms with Crippen LogP contribution in [0.3, 0.4) is 0 Å². The van der Waals surface area contributed by atoms with E-state index in [2.05, 4.69) is 10.3 Å². The maximum Gasteiger partial charge on any atom is 0.257 e. The summed E-state index contributed by atoms with van der Waals surface area (Å²) in [7, 11) is 0. The minimum Gasteiger partial charge on any atom is -0.399 e. The Morgan fingerprint density at radius 3 is 2.88 bits per heavy atom. The number of hydrogen-bond donors (Lipinski definition) is 2. The molecule has 16 heavy (non-hydrogen) atoms. The Hall–Kier alpha value is -1.95. The van der Waals surface area contributed by atoms with Crippen LogP contribution in [0.25, 0.3) is 0 Å². The highest BCUT2D eigenvalue weighted by molar-refractivity contribution is 7.13. The van der Waals surface area contributed by atoms with Crippen LogP contribution in [-0.2, 0) is 0 Å². The monoisotopic (exact) mass is 237 g/mol. The second kappa shape index (κ2) is 4.28. The van der Waals surface area contributed by atoms with Crippen molar-refractivity contribution in [1.29, 1.82) is 0 Å². The van der Waals surface area contributed by atoms with Gasteiger partial charge >= 0.3 is 0 Å². The minimum absolute atomic E-state index is 0.174. The lowest BCUT2D eigenvalue weighted by molar-refractivity contribution is 0.102. The fourth-order valence-electron chi connectivity index (χ4n) is 1.20. The molecule has 2 rings (SSSR count). The number of aromatic nitrogens is 1. The molecule has 6 heteroatoms. The number of nitrogens with two attached hydrogens (primary N) is 1. The number of thiazole rings is 1. The van der Waals surface area contributed by atoms with Crippen LogP contribution in [0, 0.1) is 5.82 Å². The highest BCUT2D eigenvalue weighted by atomic mass is 32.1. The van der Waals surface area contributed by atoms with E-state index in [-0.39, 0.29) is 11.3 Å². The van der Waals surface area contributed by atoms with Crippen molar-refractivity contribution in [3.05, 3.63) is 41.2 Å². The number of rotatable bonds is 2. The van der Waals surface area contributed by atoms with E-state index in [1.54, 1.807) is 11.6 Å². The molecule has 1 aromatic heterocycles. The number of carbonyl (C=O) groups is 1. The van der Waals surface area contributed by atoms with E-state index < -0.39 is 11.7 Å². The van der Waals surface area contributed by atoms with E-state index in [1.807, 2.05) is 0 Å². The summed E-state index contributed by atoms with van der Waals surface area (Å²) in [5.41, 5.74) is 5.82. The van der Waals surface area contributed by atoms with E-state index in [4.69, 9.17) is 5.73 Å². The van der Waals surface area contributed by atoms with E-state index in [0.29, 0.717) is 5.13 Å². The van der Waals surface area contributed by atoms with Crippen molar-refractivity contribution in [3.8, 4) is 0 Å². The van der Waals surface area contributed by atoms with Gasteiger partial charge in [-0.25, -0.2) is 9.37 Å². The molecule has 0 saturated carbocycles. The normalized spacial score (nSPS) is 10.1. The molecule has 0 atom stereocenters. The van der Waals surface area contributed by atoms with Gasteiger partial charge in [-0.05, 0) is 18.2 Å². The van der Waals surface area contributed by atoms with Crippen LogP contribution >= 0.6 is 11.3 Å². The maximum atomic E-state index is 13.0. The lowest BCUT2D eigenvalue weighted by Gasteiger charge is -2.03. The molecule has 2 aromatic rings. The molecule has 0 bridgehead atoms. The van der Waals surface area contributed by atoms with Crippen LogP contribution in [0.15, 0.2) is 29.8 Å². The number of nitrogen functional groups attached to an aromatic ring is 1. The first-order valence-corrected chi connectivity index (χ1v) is 5.30. The van der Waals surface area contributed by atoms with Crippen molar-refractivity contribution in [2.45, 2.75) is 0 Å². The zero-order valence-electron chi connectivity index (χ0n) is 8.11. The summed E-state index contributed by atoms with van der Waals surface area (Å²) in [5, 5.41) is 4.74. The highest BCUT2D eigenvalue weighted by Crippen LogP contribution is 2.15. The molecule has 4 nitrogen and oxygen atoms in total. The van der Waals surface area contributed by atoms with E-state index in [0.717, 1.165) is 12.1 Å². The second-order valence-electron chi connectivity index (χ2n) is 3.06. The number of hydrogen-bond acceptors (Lipinski definition) is 4. The van der Waals surface area contributed by atoms with Crippen LogP contribution < -0.4 is 11.1 Å². The SMILES string of the molecule is Nc1cc(F)cc(C(=O)Nc2nccs2)c1. The van der Waals surface area contributed by atoms with Crippen LogP contribution in [-0.4, -0.2) is 10.9 Å². The van der Waals surface area contributed by atoms with Crippen molar-refractivity contribution in [3.63, 3.8) is 0 Å². The van der Waals surface area contributed by atoms with Crippen molar-refractivity contribution in [2.24, 2.45) is 0 Å². The predicted octanol–water partition coefficient (Wildman–Crippen LogP) is 2.12. The van der Waals surface area contributed by atoms with Gasteiger partial charge in [0.05, 0.1) is 0 Å². The number of halogens is 1. The average Bonchev–Trinajstić information content (AvgIpc) is 2.68. The average molecular weight is 237 g/mol. The summed E-state index contributed by atoms with van der Waals surface area (Å²) in [4.78, 5) is 15.5. The number of nitrogens with one attached hydrogen (secondary N) is 1. The van der Waals surface area contributed by atoms with Crippen LogP contribution in [0.1, 0.15) is 10.4 Å². The van der Waals surface area contributed by atoms with Crippen molar-refractivity contribution in [2.75, 3.05) is 11.1 Å². The first-order chi connectivity index (χ1) is 7.65. The summed E-state index contributed by atoms with van der Waals surface area (Å²) in [6, 6.07) is 3.69. The third-order valence-electron chi connectivity index (χ3n) is 1.84. The molecule has 1 heterocycles. The van der Waals surface area contributed by atoms with Gasteiger partial charge in [0.2, 0.25) is 0 Å². The van der Waals surface area contributed by atoms with Crippen LogP contribution in [0.5, 0.6) is 0 Å². The predicted molar refractivity (Wildman–Crippen MR) is 60.9 cm³/mol. The number of amides is 1. The first-order valence-electron chi connectivity index (χ1n) is 4.42. The number of anilines is 2. The zero-order valence-corrected chi connectivity index (χ0v) is 8.92. The molecule has 0 aliphatic heterocycles. The van der Waals surface area contributed by atoms with Gasteiger partial charge in [-0.2, -0.15) is 0 Å². The fraction of sp³-hybridized carbons (Fsp3) is 0. The smallest absolute Gasteiger partial charge is 0.257 e. The Morgan fingerprint density at radius 1 is 1.44 bits per heavy atom. The Kier molecular flexibility index (Phi) is 2.82. The van der Waals surface area contributed by atoms with Gasteiger partial charge < -0.3 is 5.73 Å². The van der Waals surface area contributed by atoms with Crippen molar-refractivity contribution < 1.29 is 9.18 Å². The summed E-state index contributed by atoms with van der Waals surface area (Å²) in [6.45, 7) is 0. The topological polar surface area (TPSA) is 68.0 Å². The van der Waals surface area contributed by atoms with Gasteiger partial charge in [0.25, 0.3) is 5.91 Å². The lowest BCUT2D eigenvalue weighted by Crippen LogP contribution is -2.12. The second-order valence-corrected chi connectivity index (χ2v) is 3.96. The first kappa shape index (κ1) is 10.6. The highest BCUT2D eigenvalue weighted by Gasteiger charge is 2.09. The third kappa shape index (κ3) is 2.34. The van der Waals surface area contributed by atoms with E-state index in [9.17, 15) is 9.18 Å². The van der Waals surface area contributed by atoms with Crippen LogP contribution in [0.2, 0.25) is 0 Å². The Bertz CT molecular complexity index is 493. The molecular formula is C10H8FN3OS. The summed E-state index contributed by atoms with van der Waals surface area (Å²) in [6.07, 6.45) is 1.57. The maximum absolute atomic E-state index is 13.0. The fourth-order valence-corrected chi connectivity index (χ4v) is 1.72. The standard InChI is InChI=1S/C10H8FN3OS/c11-7-3-6(4-8(12)5-7)9(15)14-10-13-1-2-16-10/h1-5H,12H2,(H,13,14,15). The molecule has 0 radical (unpaired) electrons. The molecule has 0 aliphatic rings. The molecule has 0 fully saturated rings. The number of nitrogens with zero attached hydrogens (tertiary/aromatic N) is 1. The van der Waals surface area contributed by atoms with Gasteiger partial charge in [-0.1, -0.05) is 0 Å². The Labute approximate surface area is 94.9 Å². The van der Waals surface area contributed by atoms with E-state index >= 15 is 0 Å². The summed E-state index contributed by atoms with van der Waals surface area (Å²) >= 11 is 1.29. The van der Waals surface area contributed by atoms with Gasteiger partial charge in [0.15, 0.2) is 5.13 Å². The number of benzene rings is 1. The molecule has 0 saturated heterocycles. The summed E-state index contributed by atoms with van der Waals surface area (Å²) < 4.78 is 13.0. The van der Waals surface area contributed by atoms with Crippen LogP contribution in [0.4, 0.5) is 15.2 Å². The van der Waals surface area contributed by atoms with Crippen molar-refractivity contribution >= 4 is 28.1 Å². The molecule has 1 amide bonds. The third-order valence-corrected chi connectivity index (χ3v) is 2.52. The Morgan fingerprint density at radius 2 is 2.25 bits per heavy atom. The molecule has 0 aliphatic carbocycles. The molecular weight excluding hydrogens is 229 g/mol. The zero-order chi connectivity index (χ0) is 11.5. The van der Waals surface area contributed by atoms with Gasteiger partial charge in [-0.3, -0.25) is 10.1 Å². The molecule has 82 valence electrons. The van der Waals surface area contributed by atoms with Gasteiger partial charge in [0.1, 0.15) is 5.82 Å². The molecule has 0 spiro atoms. The van der Waals surface area contributed by atoms with Gasteiger partial charge in [0, 0.05) is 22.8 Å². The largest absolute Gasteiger partial charge is 0.399 e. The van der Waals surface area contributed by atoms with Crippen molar-refractivity contribution in [1.82, 2.24) is 4.98 Å². The summed E-state index contributed by atoms with van der Waals surface area (Å²) in [5.74, 6) is -0.967. The molecule has 1 aromatic carbocycles. The quantitative estimate of drug-likeness (QED) is 0.786. The molecule has 3 N–H and O–H groups in total. The lowest BCUT2D eigenvalue weighted by atomic mass is 10.2. The number of carbonyl (C=O) groups excluding carboxylic acids is 1. The minimum atomic E-state index is -0.538. The Balaban J connectivity index is 2.21.